The molecule has 0 fully saturated rings. The van der Waals surface area contributed by atoms with Crippen LogP contribution in [0.3, 0.4) is 0 Å². The molecule has 0 radical (unpaired) electrons. The maximum absolute atomic E-state index is 13.7. The molecule has 0 aliphatic heterocycles. The van der Waals surface area contributed by atoms with Crippen LogP contribution in [-0.4, -0.2) is 17.6 Å². The first kappa shape index (κ1) is 13.1. The van der Waals surface area contributed by atoms with E-state index in [-0.39, 0.29) is 17.7 Å². The third kappa shape index (κ3) is 2.93. The summed E-state index contributed by atoms with van der Waals surface area (Å²) in [6.07, 6.45) is 3.93. The van der Waals surface area contributed by atoms with Crippen molar-refractivity contribution in [3.8, 4) is 0 Å². The van der Waals surface area contributed by atoms with Gasteiger partial charge in [0.15, 0.2) is 0 Å². The number of ether oxygens (including phenoxy) is 1. The van der Waals surface area contributed by atoms with E-state index in [0.717, 1.165) is 12.1 Å². The lowest BCUT2D eigenvalue weighted by Crippen LogP contribution is -1.99. The van der Waals surface area contributed by atoms with Crippen molar-refractivity contribution in [3.63, 3.8) is 0 Å². The molecule has 5 heteroatoms. The zero-order valence-electron chi connectivity index (χ0n) is 10.2. The number of rotatable bonds is 3. The van der Waals surface area contributed by atoms with Gasteiger partial charge >= 0.3 is 5.97 Å². The van der Waals surface area contributed by atoms with Crippen molar-refractivity contribution < 1.29 is 18.3 Å². The normalized spacial score (nSPS) is 11.1. The minimum Gasteiger partial charge on any atom is -0.463 e. The fourth-order valence-electron chi connectivity index (χ4n) is 1.72. The third-order valence-electron chi connectivity index (χ3n) is 2.47. The fraction of sp³-hybridized carbons (Fsp3) is 0.143. The van der Waals surface area contributed by atoms with Crippen molar-refractivity contribution in [1.82, 2.24) is 4.98 Å². The highest BCUT2D eigenvalue weighted by Gasteiger charge is 2.08. The maximum Gasteiger partial charge on any atom is 0.330 e. The molecule has 0 amide bonds. The van der Waals surface area contributed by atoms with Gasteiger partial charge in [-0.1, -0.05) is 0 Å². The van der Waals surface area contributed by atoms with Crippen LogP contribution in [-0.2, 0) is 9.53 Å². The predicted molar refractivity (Wildman–Crippen MR) is 67.3 cm³/mol. The number of nitrogens with zero attached hydrogens (tertiary/aromatic N) is 1. The van der Waals surface area contributed by atoms with E-state index in [0.29, 0.717) is 5.39 Å². The highest BCUT2D eigenvalue weighted by molar-refractivity contribution is 5.93. The predicted octanol–water partition coefficient (Wildman–Crippen LogP) is 3.09. The summed E-state index contributed by atoms with van der Waals surface area (Å²) in [6.45, 7) is 1.94. The Labute approximate surface area is 108 Å². The molecule has 0 saturated heterocycles. The van der Waals surface area contributed by atoms with Gasteiger partial charge in [0.2, 0.25) is 0 Å². The van der Waals surface area contributed by atoms with Crippen LogP contribution < -0.4 is 0 Å². The van der Waals surface area contributed by atoms with Gasteiger partial charge in [-0.2, -0.15) is 0 Å². The van der Waals surface area contributed by atoms with Crippen LogP contribution in [0.15, 0.2) is 30.5 Å². The van der Waals surface area contributed by atoms with Crippen LogP contribution in [0.5, 0.6) is 0 Å². The summed E-state index contributed by atoms with van der Waals surface area (Å²) in [6, 6.07) is 3.50. The molecular weight excluding hydrogens is 252 g/mol. The van der Waals surface area contributed by atoms with E-state index in [4.69, 9.17) is 4.74 Å². The Kier molecular flexibility index (Phi) is 3.85. The van der Waals surface area contributed by atoms with E-state index in [1.54, 1.807) is 6.92 Å². The lowest BCUT2D eigenvalue weighted by Gasteiger charge is -2.03. The highest BCUT2D eigenvalue weighted by atomic mass is 19.1. The first-order chi connectivity index (χ1) is 9.11. The van der Waals surface area contributed by atoms with Crippen LogP contribution in [0.1, 0.15) is 12.6 Å². The molecule has 0 saturated carbocycles. The Morgan fingerprint density at radius 2 is 2.21 bits per heavy atom. The number of fused-ring (bicyclic) bond motifs is 1. The third-order valence-corrected chi connectivity index (χ3v) is 2.47. The second kappa shape index (κ2) is 5.56. The molecule has 0 N–H and O–H groups in total. The minimum atomic E-state index is -0.716. The van der Waals surface area contributed by atoms with E-state index < -0.39 is 17.6 Å². The average Bonchev–Trinajstić information content (AvgIpc) is 2.36. The van der Waals surface area contributed by atoms with Crippen LogP contribution in [0.2, 0.25) is 0 Å². The molecule has 2 rings (SSSR count). The fourth-order valence-corrected chi connectivity index (χ4v) is 1.72. The molecule has 0 unspecified atom stereocenters. The summed E-state index contributed by atoms with van der Waals surface area (Å²) in [5.74, 6) is -1.91. The lowest BCUT2D eigenvalue weighted by molar-refractivity contribution is -0.137. The number of hydrogen-bond donors (Lipinski definition) is 0. The zero-order chi connectivity index (χ0) is 13.8. The largest absolute Gasteiger partial charge is 0.463 e. The van der Waals surface area contributed by atoms with Crippen LogP contribution in [0.25, 0.3) is 16.8 Å². The van der Waals surface area contributed by atoms with E-state index in [1.807, 2.05) is 0 Å². The highest BCUT2D eigenvalue weighted by Crippen LogP contribution is 2.22. The van der Waals surface area contributed by atoms with Crippen molar-refractivity contribution in [1.29, 1.82) is 0 Å². The van der Waals surface area contributed by atoms with Crippen molar-refractivity contribution in [2.45, 2.75) is 6.92 Å². The van der Waals surface area contributed by atoms with E-state index in [1.165, 1.54) is 24.4 Å². The van der Waals surface area contributed by atoms with Crippen molar-refractivity contribution in [2.75, 3.05) is 6.61 Å². The standard InChI is InChI=1S/C14H11F2NO2/c1-2-19-13(18)4-3-12-14-9(5-6-17-12)7-10(15)8-11(14)16/h3-8H,2H2,1H3/b4-3+. The van der Waals surface area contributed by atoms with Crippen LogP contribution in [0, 0.1) is 11.6 Å². The molecule has 1 aromatic heterocycles. The molecule has 0 aliphatic carbocycles. The average molecular weight is 263 g/mol. The summed E-state index contributed by atoms with van der Waals surface area (Å²) < 4.78 is 31.6. The SMILES string of the molecule is CCOC(=O)/C=C/c1nccc2cc(F)cc(F)c12. The number of aromatic nitrogens is 1. The molecular formula is C14H11F2NO2. The van der Waals surface area contributed by atoms with Crippen LogP contribution >= 0.6 is 0 Å². The topological polar surface area (TPSA) is 39.2 Å². The molecule has 1 heterocycles. The number of carbonyl (C=O) groups excluding carboxylic acids is 1. The Hall–Kier alpha value is -2.30. The molecule has 2 aromatic rings. The first-order valence-corrected chi connectivity index (χ1v) is 5.70. The number of pyridine rings is 1. The Bertz CT molecular complexity index is 653. The summed E-state index contributed by atoms with van der Waals surface area (Å²) in [5, 5.41) is 0.556. The number of benzene rings is 1. The first-order valence-electron chi connectivity index (χ1n) is 5.70. The van der Waals surface area contributed by atoms with Crippen LogP contribution in [0.4, 0.5) is 8.78 Å². The van der Waals surface area contributed by atoms with Gasteiger partial charge in [-0.15, -0.1) is 0 Å². The van der Waals surface area contributed by atoms with Gasteiger partial charge in [0.05, 0.1) is 12.3 Å². The molecule has 19 heavy (non-hydrogen) atoms. The second-order valence-corrected chi connectivity index (χ2v) is 3.77. The van der Waals surface area contributed by atoms with Gasteiger partial charge in [0.25, 0.3) is 0 Å². The van der Waals surface area contributed by atoms with Gasteiger partial charge in [-0.3, -0.25) is 4.98 Å². The lowest BCUT2D eigenvalue weighted by atomic mass is 10.1. The number of carbonyl (C=O) groups is 1. The molecule has 0 bridgehead atoms. The molecule has 1 aromatic carbocycles. The van der Waals surface area contributed by atoms with Crippen molar-refractivity contribution in [3.05, 3.63) is 47.8 Å². The summed E-state index contributed by atoms with van der Waals surface area (Å²) in [5.41, 5.74) is 0.253. The number of hydrogen-bond acceptors (Lipinski definition) is 3. The molecule has 0 aliphatic rings. The minimum absolute atomic E-state index is 0.171. The second-order valence-electron chi connectivity index (χ2n) is 3.77. The van der Waals surface area contributed by atoms with E-state index >= 15 is 0 Å². The van der Waals surface area contributed by atoms with Gasteiger partial charge < -0.3 is 4.74 Å². The Morgan fingerprint density at radius 1 is 1.42 bits per heavy atom. The van der Waals surface area contributed by atoms with Gasteiger partial charge in [-0.25, -0.2) is 13.6 Å². The molecule has 3 nitrogen and oxygen atoms in total. The van der Waals surface area contributed by atoms with Crippen molar-refractivity contribution >= 4 is 22.8 Å². The zero-order valence-corrected chi connectivity index (χ0v) is 10.2. The van der Waals surface area contributed by atoms with Gasteiger partial charge in [0, 0.05) is 23.7 Å². The number of esters is 1. The van der Waals surface area contributed by atoms with Gasteiger partial charge in [-0.05, 0) is 30.5 Å². The van der Waals surface area contributed by atoms with E-state index in [2.05, 4.69) is 4.98 Å². The Morgan fingerprint density at radius 3 is 2.95 bits per heavy atom. The quantitative estimate of drug-likeness (QED) is 0.631. The summed E-state index contributed by atoms with van der Waals surface area (Å²) >= 11 is 0. The van der Waals surface area contributed by atoms with E-state index in [9.17, 15) is 13.6 Å². The summed E-state index contributed by atoms with van der Waals surface area (Å²) in [7, 11) is 0. The summed E-state index contributed by atoms with van der Waals surface area (Å²) in [4.78, 5) is 15.2. The maximum atomic E-state index is 13.7. The van der Waals surface area contributed by atoms with Gasteiger partial charge in [0.1, 0.15) is 11.6 Å². The molecule has 98 valence electrons. The van der Waals surface area contributed by atoms with Crippen molar-refractivity contribution in [2.24, 2.45) is 0 Å². The smallest absolute Gasteiger partial charge is 0.330 e. The number of halogens is 2. The molecule has 0 atom stereocenters. The molecule has 0 spiro atoms. The Balaban J connectivity index is 2.47. The monoisotopic (exact) mass is 263 g/mol.